The van der Waals surface area contributed by atoms with Crippen LogP contribution in [0.4, 0.5) is 0 Å². The van der Waals surface area contributed by atoms with Crippen LogP contribution in [0, 0.1) is 12.3 Å². The van der Waals surface area contributed by atoms with E-state index in [0.717, 1.165) is 17.3 Å². The molecule has 0 aromatic heterocycles. The van der Waals surface area contributed by atoms with Gasteiger partial charge in [-0.25, -0.2) is 4.79 Å². The van der Waals surface area contributed by atoms with Crippen molar-refractivity contribution in [2.75, 3.05) is 0 Å². The van der Waals surface area contributed by atoms with Gasteiger partial charge in [0.05, 0.1) is 11.2 Å². The summed E-state index contributed by atoms with van der Waals surface area (Å²) in [6, 6.07) is 5.26. The Morgan fingerprint density at radius 2 is 1.95 bits per heavy atom. The Morgan fingerprint density at radius 1 is 1.32 bits per heavy atom. The molecule has 0 spiro atoms. The largest absolute Gasteiger partial charge is 0.478 e. The van der Waals surface area contributed by atoms with Gasteiger partial charge in [-0.1, -0.05) is 31.5 Å². The van der Waals surface area contributed by atoms with E-state index in [-0.39, 0.29) is 17.9 Å². The molecule has 1 N–H and O–H groups in total. The van der Waals surface area contributed by atoms with Crippen LogP contribution in [-0.4, -0.2) is 23.6 Å². The number of carboxylic acids is 1. The van der Waals surface area contributed by atoms with Gasteiger partial charge >= 0.3 is 12.9 Å². The lowest BCUT2D eigenvalue weighted by atomic mass is 9.53. The number of hydrogen-bond acceptors (Lipinski definition) is 2. The summed E-state index contributed by atoms with van der Waals surface area (Å²) in [5, 5.41) is 9.11. The van der Waals surface area contributed by atoms with Crippen LogP contribution in [0.1, 0.15) is 43.6 Å². The lowest BCUT2D eigenvalue weighted by Crippen LogP contribution is -2.37. The Labute approximate surface area is 115 Å². The van der Waals surface area contributed by atoms with Crippen molar-refractivity contribution in [3.8, 4) is 0 Å². The molecule has 1 aliphatic heterocycles. The molecule has 1 aliphatic rings. The fraction of sp³-hybridized carbons (Fsp3) is 0.533. The van der Waals surface area contributed by atoms with Crippen molar-refractivity contribution in [2.45, 2.75) is 46.5 Å². The summed E-state index contributed by atoms with van der Waals surface area (Å²) < 4.78 is 6.17. The molecule has 1 fully saturated rings. The standard InChI is InChI=1S/C15H21BO3/c1-10-6-7-11(13(17)18)8-12(10)16-9-14(2,3)15(4,5)19-16/h6-8H,9H2,1-5H3,(H,17,18). The molecule has 1 aromatic carbocycles. The van der Waals surface area contributed by atoms with Gasteiger partial charge in [0.25, 0.3) is 0 Å². The number of carboxylic acid groups (broad SMARTS) is 1. The summed E-state index contributed by atoms with van der Waals surface area (Å²) in [5.41, 5.74) is 2.28. The predicted octanol–water partition coefficient (Wildman–Crippen LogP) is 2.73. The number of rotatable bonds is 2. The monoisotopic (exact) mass is 260 g/mol. The average Bonchev–Trinajstić information content (AvgIpc) is 2.48. The molecule has 1 saturated heterocycles. The molecule has 2 rings (SSSR count). The van der Waals surface area contributed by atoms with Gasteiger partial charge in [0.1, 0.15) is 0 Å². The van der Waals surface area contributed by atoms with Crippen molar-refractivity contribution in [2.24, 2.45) is 5.41 Å². The highest BCUT2D eigenvalue weighted by Crippen LogP contribution is 2.45. The van der Waals surface area contributed by atoms with Crippen LogP contribution in [0.25, 0.3) is 0 Å². The van der Waals surface area contributed by atoms with E-state index in [1.54, 1.807) is 12.1 Å². The third kappa shape index (κ3) is 2.41. The van der Waals surface area contributed by atoms with Crippen LogP contribution in [0.3, 0.4) is 0 Å². The normalized spacial score (nSPS) is 20.6. The second kappa shape index (κ2) is 4.38. The third-order valence-corrected chi connectivity index (χ3v) is 4.64. The van der Waals surface area contributed by atoms with E-state index in [4.69, 9.17) is 9.76 Å². The lowest BCUT2D eigenvalue weighted by Gasteiger charge is -2.34. The van der Waals surface area contributed by atoms with E-state index in [2.05, 4.69) is 27.7 Å². The molecule has 1 heterocycles. The molecule has 0 saturated carbocycles. The average molecular weight is 260 g/mol. The Morgan fingerprint density at radius 3 is 2.42 bits per heavy atom. The number of aryl methyl sites for hydroxylation is 1. The van der Waals surface area contributed by atoms with Crippen LogP contribution in [0.15, 0.2) is 18.2 Å². The van der Waals surface area contributed by atoms with E-state index >= 15 is 0 Å². The summed E-state index contributed by atoms with van der Waals surface area (Å²) in [6.45, 7) is 10.6. The molecule has 102 valence electrons. The van der Waals surface area contributed by atoms with E-state index < -0.39 is 5.97 Å². The quantitative estimate of drug-likeness (QED) is 0.831. The first-order valence-corrected chi connectivity index (χ1v) is 6.66. The first-order chi connectivity index (χ1) is 8.64. The maximum Gasteiger partial charge on any atom is 0.335 e. The minimum absolute atomic E-state index is 0.0238. The second-order valence-electron chi connectivity index (χ2n) is 6.58. The van der Waals surface area contributed by atoms with Crippen molar-refractivity contribution in [3.63, 3.8) is 0 Å². The molecular formula is C15H21BO3. The van der Waals surface area contributed by atoms with Gasteiger partial charge in [-0.3, -0.25) is 0 Å². The zero-order chi connectivity index (χ0) is 14.4. The van der Waals surface area contributed by atoms with Gasteiger partial charge in [-0.05, 0) is 44.0 Å². The molecule has 3 nitrogen and oxygen atoms in total. The number of benzene rings is 1. The summed E-state index contributed by atoms with van der Waals surface area (Å²) >= 11 is 0. The van der Waals surface area contributed by atoms with Gasteiger partial charge < -0.3 is 9.76 Å². The Hall–Kier alpha value is -1.29. The maximum absolute atomic E-state index is 11.1. The molecule has 0 aliphatic carbocycles. The van der Waals surface area contributed by atoms with Crippen molar-refractivity contribution < 1.29 is 14.6 Å². The minimum Gasteiger partial charge on any atom is -0.478 e. The summed E-state index contributed by atoms with van der Waals surface area (Å²) in [5.74, 6) is -0.891. The van der Waals surface area contributed by atoms with Crippen molar-refractivity contribution in [1.82, 2.24) is 0 Å². The summed E-state index contributed by atoms with van der Waals surface area (Å²) in [6.07, 6.45) is 0.907. The number of hydrogen-bond donors (Lipinski definition) is 1. The van der Waals surface area contributed by atoms with E-state index in [9.17, 15) is 4.79 Å². The highest BCUT2D eigenvalue weighted by molar-refractivity contribution is 6.68. The molecule has 19 heavy (non-hydrogen) atoms. The van der Waals surface area contributed by atoms with Gasteiger partial charge in [0.15, 0.2) is 0 Å². The second-order valence-corrected chi connectivity index (χ2v) is 6.58. The highest BCUT2D eigenvalue weighted by Gasteiger charge is 2.50. The van der Waals surface area contributed by atoms with Crippen LogP contribution in [0.2, 0.25) is 6.32 Å². The molecule has 0 radical (unpaired) electrons. The highest BCUT2D eigenvalue weighted by atomic mass is 16.5. The molecule has 4 heteroatoms. The zero-order valence-corrected chi connectivity index (χ0v) is 12.3. The number of aromatic carboxylic acids is 1. The Kier molecular flexibility index (Phi) is 3.25. The van der Waals surface area contributed by atoms with Crippen molar-refractivity contribution >= 4 is 18.3 Å². The molecule has 1 aromatic rings. The lowest BCUT2D eigenvalue weighted by molar-refractivity contribution is 0.0375. The summed E-state index contributed by atoms with van der Waals surface area (Å²) in [4.78, 5) is 11.1. The Bertz CT molecular complexity index is 504. The third-order valence-electron chi connectivity index (χ3n) is 4.64. The summed E-state index contributed by atoms with van der Waals surface area (Å²) in [7, 11) is 0. The van der Waals surface area contributed by atoms with Crippen LogP contribution >= 0.6 is 0 Å². The van der Waals surface area contributed by atoms with Crippen LogP contribution in [0.5, 0.6) is 0 Å². The van der Waals surface area contributed by atoms with E-state index in [1.165, 1.54) is 0 Å². The molecule has 0 bridgehead atoms. The molecule has 0 unspecified atom stereocenters. The van der Waals surface area contributed by atoms with E-state index in [0.29, 0.717) is 5.56 Å². The van der Waals surface area contributed by atoms with Gasteiger partial charge in [-0.15, -0.1) is 0 Å². The molecule has 0 amide bonds. The predicted molar refractivity (Wildman–Crippen MR) is 77.3 cm³/mol. The fourth-order valence-electron chi connectivity index (χ4n) is 2.56. The van der Waals surface area contributed by atoms with Crippen LogP contribution in [-0.2, 0) is 4.65 Å². The minimum atomic E-state index is -0.891. The van der Waals surface area contributed by atoms with Gasteiger partial charge in [0.2, 0.25) is 0 Å². The number of carbonyl (C=O) groups is 1. The van der Waals surface area contributed by atoms with Crippen molar-refractivity contribution in [1.29, 1.82) is 0 Å². The van der Waals surface area contributed by atoms with Crippen LogP contribution < -0.4 is 5.46 Å². The molecular weight excluding hydrogens is 239 g/mol. The van der Waals surface area contributed by atoms with Crippen molar-refractivity contribution in [3.05, 3.63) is 29.3 Å². The SMILES string of the molecule is Cc1ccc(C(=O)O)cc1B1CC(C)(C)C(C)(C)O1. The first kappa shape index (κ1) is 14.1. The first-order valence-electron chi connectivity index (χ1n) is 6.66. The molecule has 0 atom stereocenters. The smallest absolute Gasteiger partial charge is 0.335 e. The van der Waals surface area contributed by atoms with Gasteiger partial charge in [-0.2, -0.15) is 0 Å². The zero-order valence-electron chi connectivity index (χ0n) is 12.3. The van der Waals surface area contributed by atoms with Gasteiger partial charge in [0, 0.05) is 0 Å². The Balaban J connectivity index is 2.39. The maximum atomic E-state index is 11.1. The topological polar surface area (TPSA) is 46.5 Å². The fourth-order valence-corrected chi connectivity index (χ4v) is 2.56. The van der Waals surface area contributed by atoms with E-state index in [1.807, 2.05) is 13.0 Å².